The van der Waals surface area contributed by atoms with Crippen molar-refractivity contribution in [2.75, 3.05) is 13.2 Å². The SMILES string of the molecule is C/C(=N/OCCCCC(=O)NCCCCC(C)(C)C)C(C)(C)C. The maximum absolute atomic E-state index is 11.7. The van der Waals surface area contributed by atoms with Crippen molar-refractivity contribution in [3.8, 4) is 0 Å². The Bertz CT molecular complexity index is 363. The molecule has 0 aliphatic rings. The van der Waals surface area contributed by atoms with Crippen LogP contribution >= 0.6 is 0 Å². The van der Waals surface area contributed by atoms with Crippen molar-refractivity contribution < 1.29 is 9.63 Å². The van der Waals surface area contributed by atoms with Gasteiger partial charge in [-0.3, -0.25) is 4.79 Å². The van der Waals surface area contributed by atoms with Gasteiger partial charge in [-0.25, -0.2) is 0 Å². The summed E-state index contributed by atoms with van der Waals surface area (Å²) >= 11 is 0. The van der Waals surface area contributed by atoms with Crippen LogP contribution in [0.25, 0.3) is 0 Å². The predicted molar refractivity (Wildman–Crippen MR) is 98.7 cm³/mol. The Morgan fingerprint density at radius 3 is 2.22 bits per heavy atom. The molecule has 23 heavy (non-hydrogen) atoms. The van der Waals surface area contributed by atoms with Gasteiger partial charge in [0, 0.05) is 18.4 Å². The van der Waals surface area contributed by atoms with Crippen molar-refractivity contribution in [2.24, 2.45) is 16.0 Å². The van der Waals surface area contributed by atoms with Gasteiger partial charge in [-0.1, -0.05) is 53.1 Å². The summed E-state index contributed by atoms with van der Waals surface area (Å²) < 4.78 is 0. The van der Waals surface area contributed by atoms with Gasteiger partial charge in [0.2, 0.25) is 5.91 Å². The molecule has 4 heteroatoms. The zero-order chi connectivity index (χ0) is 17.9. The fraction of sp³-hybridized carbons (Fsp3) is 0.895. The molecule has 0 aromatic heterocycles. The van der Waals surface area contributed by atoms with Crippen LogP contribution in [0, 0.1) is 10.8 Å². The van der Waals surface area contributed by atoms with E-state index in [2.05, 4.69) is 52.0 Å². The number of nitrogens with zero attached hydrogens (tertiary/aromatic N) is 1. The van der Waals surface area contributed by atoms with Crippen molar-refractivity contribution in [2.45, 2.75) is 87.0 Å². The lowest BCUT2D eigenvalue weighted by Gasteiger charge is -2.17. The molecule has 136 valence electrons. The quantitative estimate of drug-likeness (QED) is 0.351. The molecule has 0 aromatic rings. The molecule has 4 nitrogen and oxygen atoms in total. The van der Waals surface area contributed by atoms with Gasteiger partial charge in [0.1, 0.15) is 6.61 Å². The normalized spacial score (nSPS) is 13.1. The highest BCUT2D eigenvalue weighted by atomic mass is 16.6. The van der Waals surface area contributed by atoms with Crippen LogP contribution in [0.15, 0.2) is 5.16 Å². The van der Waals surface area contributed by atoms with Crippen LogP contribution in [0.2, 0.25) is 0 Å². The van der Waals surface area contributed by atoms with E-state index in [1.807, 2.05) is 6.92 Å². The second kappa shape index (κ2) is 10.7. The average molecular weight is 327 g/mol. The van der Waals surface area contributed by atoms with Gasteiger partial charge in [-0.15, -0.1) is 0 Å². The van der Waals surface area contributed by atoms with Crippen molar-refractivity contribution in [3.63, 3.8) is 0 Å². The Morgan fingerprint density at radius 1 is 1.00 bits per heavy atom. The number of unbranched alkanes of at least 4 members (excludes halogenated alkanes) is 2. The van der Waals surface area contributed by atoms with Crippen LogP contribution in [-0.2, 0) is 9.63 Å². The number of carbonyl (C=O) groups excluding carboxylic acids is 1. The summed E-state index contributed by atoms with van der Waals surface area (Å²) in [6, 6.07) is 0. The van der Waals surface area contributed by atoms with Gasteiger partial charge in [0.05, 0.1) is 5.71 Å². The van der Waals surface area contributed by atoms with Crippen LogP contribution in [0.5, 0.6) is 0 Å². The van der Waals surface area contributed by atoms with E-state index in [1.165, 1.54) is 12.8 Å². The lowest BCUT2D eigenvalue weighted by molar-refractivity contribution is -0.121. The first-order valence-electron chi connectivity index (χ1n) is 8.96. The van der Waals surface area contributed by atoms with Gasteiger partial charge in [-0.2, -0.15) is 0 Å². The molecule has 0 saturated heterocycles. The summed E-state index contributed by atoms with van der Waals surface area (Å²) in [5.74, 6) is 0.148. The van der Waals surface area contributed by atoms with E-state index >= 15 is 0 Å². The molecule has 0 aromatic carbocycles. The Hall–Kier alpha value is -1.06. The summed E-state index contributed by atoms with van der Waals surface area (Å²) in [4.78, 5) is 17.0. The minimum Gasteiger partial charge on any atom is -0.396 e. The van der Waals surface area contributed by atoms with E-state index in [0.717, 1.165) is 31.5 Å². The maximum atomic E-state index is 11.7. The van der Waals surface area contributed by atoms with E-state index in [9.17, 15) is 4.79 Å². The first kappa shape index (κ1) is 21.9. The van der Waals surface area contributed by atoms with Crippen LogP contribution in [0.3, 0.4) is 0 Å². The number of oxime groups is 1. The van der Waals surface area contributed by atoms with E-state index < -0.39 is 0 Å². The van der Waals surface area contributed by atoms with E-state index in [0.29, 0.717) is 18.4 Å². The van der Waals surface area contributed by atoms with Crippen molar-refractivity contribution >= 4 is 11.6 Å². The van der Waals surface area contributed by atoms with Gasteiger partial charge < -0.3 is 10.2 Å². The molecule has 0 radical (unpaired) electrons. The first-order chi connectivity index (χ1) is 10.5. The Kier molecular flexibility index (Phi) is 10.2. The molecule has 0 rings (SSSR count). The number of hydrogen-bond donors (Lipinski definition) is 1. The number of rotatable bonds is 10. The number of carbonyl (C=O) groups is 1. The van der Waals surface area contributed by atoms with Crippen molar-refractivity contribution in [1.29, 1.82) is 0 Å². The van der Waals surface area contributed by atoms with Crippen LogP contribution in [0.4, 0.5) is 0 Å². The largest absolute Gasteiger partial charge is 0.396 e. The third-order valence-corrected chi connectivity index (χ3v) is 3.85. The standard InChI is InChI=1S/C19H38N2O2/c1-16(19(5,6)7)21-23-15-11-8-12-17(22)20-14-10-9-13-18(2,3)4/h8-15H2,1-7H3,(H,20,22)/b21-16-. The monoisotopic (exact) mass is 326 g/mol. The molecule has 0 aliphatic carbocycles. The predicted octanol–water partition coefficient (Wildman–Crippen LogP) is 4.93. The molecule has 0 fully saturated rings. The first-order valence-corrected chi connectivity index (χ1v) is 8.96. The average Bonchev–Trinajstić information content (AvgIpc) is 2.39. The third-order valence-electron chi connectivity index (χ3n) is 3.85. The molecule has 0 aliphatic heterocycles. The van der Waals surface area contributed by atoms with Gasteiger partial charge in [-0.05, 0) is 38.0 Å². The fourth-order valence-electron chi connectivity index (χ4n) is 1.83. The minimum atomic E-state index is 0.0485. The van der Waals surface area contributed by atoms with Crippen molar-refractivity contribution in [3.05, 3.63) is 0 Å². The molecule has 0 saturated carbocycles. The summed E-state index contributed by atoms with van der Waals surface area (Å²) in [6.07, 6.45) is 5.71. The molecular weight excluding hydrogens is 288 g/mol. The second-order valence-electron chi connectivity index (χ2n) is 8.58. The van der Waals surface area contributed by atoms with E-state index in [1.54, 1.807) is 0 Å². The number of amides is 1. The van der Waals surface area contributed by atoms with Crippen LogP contribution in [-0.4, -0.2) is 24.8 Å². The molecule has 0 bridgehead atoms. The number of hydrogen-bond acceptors (Lipinski definition) is 3. The fourth-order valence-corrected chi connectivity index (χ4v) is 1.83. The molecule has 0 spiro atoms. The lowest BCUT2D eigenvalue weighted by atomic mass is 9.90. The maximum Gasteiger partial charge on any atom is 0.219 e. The molecule has 1 amide bonds. The van der Waals surface area contributed by atoms with Gasteiger partial charge in [0.15, 0.2) is 0 Å². The molecule has 1 N–H and O–H groups in total. The highest BCUT2D eigenvalue weighted by Gasteiger charge is 2.14. The Labute approximate surface area is 143 Å². The van der Waals surface area contributed by atoms with Gasteiger partial charge in [0.25, 0.3) is 0 Å². The van der Waals surface area contributed by atoms with Crippen molar-refractivity contribution in [1.82, 2.24) is 5.32 Å². The minimum absolute atomic E-state index is 0.0485. The molecule has 0 unspecified atom stereocenters. The lowest BCUT2D eigenvalue weighted by Crippen LogP contribution is -2.24. The highest BCUT2D eigenvalue weighted by molar-refractivity contribution is 5.86. The zero-order valence-corrected chi connectivity index (χ0v) is 16.4. The zero-order valence-electron chi connectivity index (χ0n) is 16.4. The Balaban J connectivity index is 3.54. The highest BCUT2D eigenvalue weighted by Crippen LogP contribution is 2.21. The molecule has 0 atom stereocenters. The van der Waals surface area contributed by atoms with Crippen LogP contribution in [0.1, 0.15) is 87.0 Å². The van der Waals surface area contributed by atoms with Gasteiger partial charge >= 0.3 is 0 Å². The number of nitrogens with one attached hydrogen (secondary N) is 1. The Morgan fingerprint density at radius 2 is 1.65 bits per heavy atom. The third kappa shape index (κ3) is 14.3. The second-order valence-corrected chi connectivity index (χ2v) is 8.58. The summed E-state index contributed by atoms with van der Waals surface area (Å²) in [6.45, 7) is 16.4. The summed E-state index contributed by atoms with van der Waals surface area (Å²) in [5.41, 5.74) is 1.43. The summed E-state index contributed by atoms with van der Waals surface area (Å²) in [7, 11) is 0. The smallest absolute Gasteiger partial charge is 0.219 e. The van der Waals surface area contributed by atoms with E-state index in [4.69, 9.17) is 4.84 Å². The molecular formula is C19H38N2O2. The van der Waals surface area contributed by atoms with Crippen LogP contribution < -0.4 is 5.32 Å². The molecule has 0 heterocycles. The van der Waals surface area contributed by atoms with E-state index in [-0.39, 0.29) is 11.3 Å². The topological polar surface area (TPSA) is 50.7 Å². The summed E-state index contributed by atoms with van der Waals surface area (Å²) in [5, 5.41) is 7.11.